The van der Waals surface area contributed by atoms with Gasteiger partial charge in [0.25, 0.3) is 0 Å². The first-order valence-corrected chi connectivity index (χ1v) is 7.89. The Balaban J connectivity index is 1.77. The second-order valence-corrected chi connectivity index (χ2v) is 5.40. The van der Waals surface area contributed by atoms with E-state index in [1.165, 1.54) is 24.3 Å². The molecule has 0 aliphatic heterocycles. The molecule has 0 bridgehead atoms. The topological polar surface area (TPSA) is 105 Å². The van der Waals surface area contributed by atoms with Crippen molar-refractivity contribution >= 4 is 17.1 Å². The van der Waals surface area contributed by atoms with Crippen LogP contribution < -0.4 is 10.5 Å². The van der Waals surface area contributed by atoms with Crippen molar-refractivity contribution in [3.8, 4) is 23.3 Å². The third kappa shape index (κ3) is 2.90. The van der Waals surface area contributed by atoms with E-state index in [1.807, 2.05) is 11.5 Å². The monoisotopic (exact) mass is 351 g/mol. The molecule has 0 aliphatic carbocycles. The van der Waals surface area contributed by atoms with Gasteiger partial charge in [-0.25, -0.2) is 24.3 Å². The Morgan fingerprint density at radius 1 is 1.08 bits per heavy atom. The summed E-state index contributed by atoms with van der Waals surface area (Å²) in [4.78, 5) is 21.2. The van der Waals surface area contributed by atoms with Gasteiger partial charge in [0.05, 0.1) is 6.20 Å². The highest BCUT2D eigenvalue weighted by Crippen LogP contribution is 2.25. The smallest absolute Gasteiger partial charge is 0.324 e. The third-order valence-electron chi connectivity index (χ3n) is 3.71. The number of hydrogen-bond acceptors (Lipinski definition) is 7. The highest BCUT2D eigenvalue weighted by molar-refractivity contribution is 5.76. The van der Waals surface area contributed by atoms with Crippen molar-refractivity contribution in [1.29, 1.82) is 0 Å². The summed E-state index contributed by atoms with van der Waals surface area (Å²) in [5.41, 5.74) is 7.47. The van der Waals surface area contributed by atoms with Crippen molar-refractivity contribution in [2.75, 3.05) is 5.73 Å². The van der Waals surface area contributed by atoms with Crippen molar-refractivity contribution in [3.05, 3.63) is 48.5 Å². The summed E-state index contributed by atoms with van der Waals surface area (Å²) in [5.74, 6) is 0.886. The van der Waals surface area contributed by atoms with Gasteiger partial charge in [-0.2, -0.15) is 4.98 Å². The van der Waals surface area contributed by atoms with Gasteiger partial charge in [0, 0.05) is 12.7 Å². The fourth-order valence-electron chi connectivity index (χ4n) is 2.55. The van der Waals surface area contributed by atoms with Gasteiger partial charge in [0.1, 0.15) is 22.8 Å². The lowest BCUT2D eigenvalue weighted by Gasteiger charge is -2.06. The number of aryl methyl sites for hydroxylation is 1. The van der Waals surface area contributed by atoms with Crippen LogP contribution in [0.25, 0.3) is 22.7 Å². The Labute approximate surface area is 147 Å². The highest BCUT2D eigenvalue weighted by Gasteiger charge is 2.16. The molecule has 26 heavy (non-hydrogen) atoms. The summed E-state index contributed by atoms with van der Waals surface area (Å²) in [6.45, 7) is 2.58. The van der Waals surface area contributed by atoms with E-state index in [9.17, 15) is 4.39 Å². The van der Waals surface area contributed by atoms with Gasteiger partial charge in [-0.05, 0) is 37.3 Å². The molecule has 2 N–H and O–H groups in total. The lowest BCUT2D eigenvalue weighted by atomic mass is 10.3. The fourth-order valence-corrected chi connectivity index (χ4v) is 2.55. The van der Waals surface area contributed by atoms with E-state index in [0.717, 1.165) is 0 Å². The van der Waals surface area contributed by atoms with Gasteiger partial charge in [0.2, 0.25) is 5.95 Å². The van der Waals surface area contributed by atoms with Crippen LogP contribution in [0.5, 0.6) is 11.8 Å². The number of ether oxygens (including phenoxy) is 1. The Hall–Kier alpha value is -3.62. The summed E-state index contributed by atoms with van der Waals surface area (Å²) >= 11 is 0. The van der Waals surface area contributed by atoms with E-state index in [-0.39, 0.29) is 17.8 Å². The highest BCUT2D eigenvalue weighted by atomic mass is 19.1. The molecule has 4 aromatic rings. The molecule has 0 atom stereocenters. The second kappa shape index (κ2) is 6.36. The van der Waals surface area contributed by atoms with E-state index >= 15 is 0 Å². The van der Waals surface area contributed by atoms with Crippen LogP contribution in [0.2, 0.25) is 0 Å². The van der Waals surface area contributed by atoms with Crippen LogP contribution in [-0.4, -0.2) is 29.5 Å². The zero-order chi connectivity index (χ0) is 18.1. The van der Waals surface area contributed by atoms with Gasteiger partial charge in [-0.15, -0.1) is 0 Å². The molecule has 0 amide bonds. The Kier molecular flexibility index (Phi) is 3.88. The summed E-state index contributed by atoms with van der Waals surface area (Å²) in [6.07, 6.45) is 3.15. The SMILES string of the molecule is CCn1c(-c2ccnc(N)n2)nc2cnc(Oc3ccc(F)cc3)nc21. The number of nitrogen functional groups attached to an aromatic ring is 1. The number of aromatic nitrogens is 6. The first-order valence-electron chi connectivity index (χ1n) is 7.89. The fraction of sp³-hybridized carbons (Fsp3) is 0.118. The van der Waals surface area contributed by atoms with Crippen LogP contribution in [0.3, 0.4) is 0 Å². The quantitative estimate of drug-likeness (QED) is 0.603. The molecule has 4 rings (SSSR count). The summed E-state index contributed by atoms with van der Waals surface area (Å²) in [5, 5.41) is 0. The molecular weight excluding hydrogens is 337 g/mol. The molecule has 0 saturated heterocycles. The van der Waals surface area contributed by atoms with Crippen molar-refractivity contribution in [2.24, 2.45) is 0 Å². The molecule has 130 valence electrons. The average Bonchev–Trinajstić information content (AvgIpc) is 3.01. The van der Waals surface area contributed by atoms with Gasteiger partial charge in [-0.1, -0.05) is 0 Å². The van der Waals surface area contributed by atoms with Crippen molar-refractivity contribution in [3.63, 3.8) is 0 Å². The van der Waals surface area contributed by atoms with E-state index in [4.69, 9.17) is 10.5 Å². The Morgan fingerprint density at radius 2 is 1.88 bits per heavy atom. The normalized spacial score (nSPS) is 11.0. The molecule has 0 saturated carbocycles. The minimum Gasteiger partial charge on any atom is -0.424 e. The van der Waals surface area contributed by atoms with Crippen LogP contribution in [0, 0.1) is 5.82 Å². The third-order valence-corrected chi connectivity index (χ3v) is 3.71. The first kappa shape index (κ1) is 15.9. The number of anilines is 1. The van der Waals surface area contributed by atoms with Crippen molar-refractivity contribution < 1.29 is 9.13 Å². The summed E-state index contributed by atoms with van der Waals surface area (Å²) < 4.78 is 20.5. The van der Waals surface area contributed by atoms with E-state index in [1.54, 1.807) is 18.5 Å². The molecule has 1 aromatic carbocycles. The molecule has 0 aliphatic rings. The molecule has 3 heterocycles. The maximum atomic E-state index is 13.0. The van der Waals surface area contributed by atoms with Gasteiger partial charge < -0.3 is 15.0 Å². The van der Waals surface area contributed by atoms with Crippen molar-refractivity contribution in [2.45, 2.75) is 13.5 Å². The predicted octanol–water partition coefficient (Wildman–Crippen LogP) is 2.82. The zero-order valence-electron chi connectivity index (χ0n) is 13.8. The van der Waals surface area contributed by atoms with Crippen molar-refractivity contribution in [1.82, 2.24) is 29.5 Å². The number of rotatable bonds is 4. The predicted molar refractivity (Wildman–Crippen MR) is 92.9 cm³/mol. The maximum Gasteiger partial charge on any atom is 0.324 e. The lowest BCUT2D eigenvalue weighted by molar-refractivity contribution is 0.442. The Morgan fingerprint density at radius 3 is 2.62 bits per heavy atom. The minimum absolute atomic E-state index is 0.146. The van der Waals surface area contributed by atoms with Crippen LogP contribution in [0.1, 0.15) is 6.92 Å². The molecule has 0 spiro atoms. The van der Waals surface area contributed by atoms with Crippen LogP contribution in [-0.2, 0) is 6.54 Å². The number of imidazole rings is 1. The largest absolute Gasteiger partial charge is 0.424 e. The lowest BCUT2D eigenvalue weighted by Crippen LogP contribution is -2.02. The molecule has 0 radical (unpaired) electrons. The molecular formula is C17H14FN7O. The summed E-state index contributed by atoms with van der Waals surface area (Å²) in [6, 6.07) is 7.51. The first-order chi connectivity index (χ1) is 12.6. The molecule has 0 fully saturated rings. The molecule has 8 nitrogen and oxygen atoms in total. The average molecular weight is 351 g/mol. The van der Waals surface area contributed by atoms with Gasteiger partial charge in [0.15, 0.2) is 11.5 Å². The zero-order valence-corrected chi connectivity index (χ0v) is 13.8. The van der Waals surface area contributed by atoms with Gasteiger partial charge in [-0.3, -0.25) is 0 Å². The van der Waals surface area contributed by atoms with Crippen LogP contribution in [0.15, 0.2) is 42.7 Å². The van der Waals surface area contributed by atoms with Gasteiger partial charge >= 0.3 is 6.01 Å². The molecule has 3 aromatic heterocycles. The van der Waals surface area contributed by atoms with Crippen LogP contribution >= 0.6 is 0 Å². The number of hydrogen-bond donors (Lipinski definition) is 1. The van der Waals surface area contributed by atoms with Crippen LogP contribution in [0.4, 0.5) is 10.3 Å². The number of fused-ring (bicyclic) bond motifs is 1. The second-order valence-electron chi connectivity index (χ2n) is 5.40. The minimum atomic E-state index is -0.341. The number of halogens is 1. The maximum absolute atomic E-state index is 13.0. The summed E-state index contributed by atoms with van der Waals surface area (Å²) in [7, 11) is 0. The number of nitrogens with zero attached hydrogens (tertiary/aromatic N) is 6. The van der Waals surface area contributed by atoms with E-state index in [0.29, 0.717) is 35.0 Å². The number of nitrogens with two attached hydrogens (primary N) is 1. The Bertz CT molecular complexity index is 1080. The molecule has 0 unspecified atom stereocenters. The van der Waals surface area contributed by atoms with E-state index < -0.39 is 0 Å². The molecule has 9 heteroatoms. The number of benzene rings is 1. The van der Waals surface area contributed by atoms with E-state index in [2.05, 4.69) is 24.9 Å². The standard InChI is InChI=1S/C17H14FN7O/c1-2-25-14(12-7-8-20-16(19)23-12)22-13-9-21-17(24-15(13)25)26-11-5-3-10(18)4-6-11/h3-9H,2H2,1H3,(H2,19,20,23).